The van der Waals surface area contributed by atoms with Gasteiger partial charge in [-0.05, 0) is 38.8 Å². The molecule has 18 heavy (non-hydrogen) atoms. The minimum Gasteiger partial charge on any atom is -0.369 e. The number of nitrogens with zero attached hydrogens (tertiary/aromatic N) is 2. The van der Waals surface area contributed by atoms with Crippen LogP contribution < -0.4 is 10.6 Å². The summed E-state index contributed by atoms with van der Waals surface area (Å²) in [4.78, 5) is 12.0. The molecule has 0 saturated heterocycles. The summed E-state index contributed by atoms with van der Waals surface area (Å²) < 4.78 is 0. The monoisotopic (exact) mass is 248 g/mol. The summed E-state index contributed by atoms with van der Waals surface area (Å²) in [5.74, 6) is 0.566. The normalized spacial score (nSPS) is 17.4. The van der Waals surface area contributed by atoms with E-state index in [0.717, 1.165) is 19.4 Å². The highest BCUT2D eigenvalue weighted by Gasteiger charge is 2.30. The van der Waals surface area contributed by atoms with E-state index in [1.165, 1.54) is 12.8 Å². The average Bonchev–Trinajstić information content (AvgIpc) is 2.77. The second-order valence-corrected chi connectivity index (χ2v) is 5.06. The summed E-state index contributed by atoms with van der Waals surface area (Å²) in [7, 11) is 0. The molecule has 5 nitrogen and oxygen atoms in total. The van der Waals surface area contributed by atoms with Crippen LogP contribution in [0.3, 0.4) is 0 Å². The average molecular weight is 248 g/mol. The van der Waals surface area contributed by atoms with E-state index >= 15 is 0 Å². The predicted molar refractivity (Wildman–Crippen MR) is 70.5 cm³/mol. The van der Waals surface area contributed by atoms with E-state index < -0.39 is 0 Å². The van der Waals surface area contributed by atoms with Crippen LogP contribution in [0, 0.1) is 0 Å². The first kappa shape index (κ1) is 12.8. The Labute approximate surface area is 107 Å². The Morgan fingerprint density at radius 1 is 1.33 bits per heavy atom. The summed E-state index contributed by atoms with van der Waals surface area (Å²) in [5, 5.41) is 14.0. The SMILES string of the molecule is CCNc1ccc(C(=O)NC2(C)CCCC2)nn1. The van der Waals surface area contributed by atoms with Crippen molar-refractivity contribution in [2.45, 2.75) is 45.1 Å². The molecule has 0 aromatic carbocycles. The van der Waals surface area contributed by atoms with Gasteiger partial charge in [0.05, 0.1) is 0 Å². The molecule has 98 valence electrons. The number of hydrogen-bond donors (Lipinski definition) is 2. The van der Waals surface area contributed by atoms with Crippen LogP contribution in [0.5, 0.6) is 0 Å². The quantitative estimate of drug-likeness (QED) is 0.855. The lowest BCUT2D eigenvalue weighted by atomic mass is 10.0. The zero-order valence-corrected chi connectivity index (χ0v) is 11.0. The first-order valence-electron chi connectivity index (χ1n) is 6.53. The standard InChI is InChI=1S/C13H20N4O/c1-3-14-11-7-6-10(16-17-11)12(18)15-13(2)8-4-5-9-13/h6-7H,3-5,8-9H2,1-2H3,(H,14,17)(H,15,18). The summed E-state index contributed by atoms with van der Waals surface area (Å²) in [6.07, 6.45) is 4.45. The first-order valence-corrected chi connectivity index (χ1v) is 6.53. The van der Waals surface area contributed by atoms with Gasteiger partial charge in [0, 0.05) is 12.1 Å². The minimum absolute atomic E-state index is 0.0703. The fraction of sp³-hybridized carbons (Fsp3) is 0.615. The van der Waals surface area contributed by atoms with Crippen LogP contribution in [0.15, 0.2) is 12.1 Å². The van der Waals surface area contributed by atoms with Gasteiger partial charge in [-0.2, -0.15) is 0 Å². The van der Waals surface area contributed by atoms with E-state index in [-0.39, 0.29) is 11.4 Å². The molecular weight excluding hydrogens is 228 g/mol. The molecule has 0 atom stereocenters. The van der Waals surface area contributed by atoms with Crippen molar-refractivity contribution in [1.82, 2.24) is 15.5 Å². The molecule has 2 N–H and O–H groups in total. The van der Waals surface area contributed by atoms with Gasteiger partial charge < -0.3 is 10.6 Å². The third-order valence-corrected chi connectivity index (χ3v) is 3.38. The highest BCUT2D eigenvalue weighted by Crippen LogP contribution is 2.29. The smallest absolute Gasteiger partial charge is 0.272 e. The number of rotatable bonds is 4. The lowest BCUT2D eigenvalue weighted by Gasteiger charge is -2.24. The number of nitrogens with one attached hydrogen (secondary N) is 2. The molecule has 1 aliphatic carbocycles. The third-order valence-electron chi connectivity index (χ3n) is 3.38. The van der Waals surface area contributed by atoms with Gasteiger partial charge in [-0.1, -0.05) is 12.8 Å². The Morgan fingerprint density at radius 3 is 2.61 bits per heavy atom. The van der Waals surface area contributed by atoms with Crippen molar-refractivity contribution in [2.24, 2.45) is 0 Å². The summed E-state index contributed by atoms with van der Waals surface area (Å²) in [6.45, 7) is 4.87. The second-order valence-electron chi connectivity index (χ2n) is 5.06. The largest absolute Gasteiger partial charge is 0.369 e. The van der Waals surface area contributed by atoms with Crippen LogP contribution in [0.1, 0.15) is 50.0 Å². The van der Waals surface area contributed by atoms with E-state index in [4.69, 9.17) is 0 Å². The summed E-state index contributed by atoms with van der Waals surface area (Å²) >= 11 is 0. The minimum atomic E-state index is -0.130. The molecule has 0 unspecified atom stereocenters. The predicted octanol–water partition coefficient (Wildman–Crippen LogP) is 1.97. The number of hydrogen-bond acceptors (Lipinski definition) is 4. The molecular formula is C13H20N4O. The van der Waals surface area contributed by atoms with Crippen LogP contribution in [0.2, 0.25) is 0 Å². The van der Waals surface area contributed by atoms with Crippen LogP contribution in [0.25, 0.3) is 0 Å². The van der Waals surface area contributed by atoms with Gasteiger partial charge in [-0.3, -0.25) is 4.79 Å². The van der Waals surface area contributed by atoms with Crippen molar-refractivity contribution < 1.29 is 4.79 Å². The maximum atomic E-state index is 12.0. The molecule has 1 saturated carbocycles. The Hall–Kier alpha value is -1.65. The number of amides is 1. The van der Waals surface area contributed by atoms with E-state index in [0.29, 0.717) is 11.5 Å². The zero-order valence-electron chi connectivity index (χ0n) is 11.0. The lowest BCUT2D eigenvalue weighted by molar-refractivity contribution is 0.0902. The summed E-state index contributed by atoms with van der Waals surface area (Å²) in [6, 6.07) is 3.49. The Bertz CT molecular complexity index is 410. The topological polar surface area (TPSA) is 66.9 Å². The van der Waals surface area contributed by atoms with Gasteiger partial charge in [0.2, 0.25) is 0 Å². The van der Waals surface area contributed by atoms with Crippen molar-refractivity contribution in [3.63, 3.8) is 0 Å². The van der Waals surface area contributed by atoms with Gasteiger partial charge in [0.1, 0.15) is 5.82 Å². The molecule has 1 aromatic rings. The Kier molecular flexibility index (Phi) is 3.79. The number of carbonyl (C=O) groups excluding carboxylic acids is 1. The molecule has 0 bridgehead atoms. The molecule has 0 radical (unpaired) electrons. The third kappa shape index (κ3) is 2.97. The van der Waals surface area contributed by atoms with E-state index in [1.807, 2.05) is 6.92 Å². The maximum Gasteiger partial charge on any atom is 0.272 e. The molecule has 5 heteroatoms. The maximum absolute atomic E-state index is 12.0. The molecule has 1 amide bonds. The zero-order chi connectivity index (χ0) is 13.0. The summed E-state index contributed by atoms with van der Waals surface area (Å²) in [5.41, 5.74) is 0.309. The highest BCUT2D eigenvalue weighted by atomic mass is 16.2. The van der Waals surface area contributed by atoms with Crippen LogP contribution >= 0.6 is 0 Å². The van der Waals surface area contributed by atoms with E-state index in [9.17, 15) is 4.79 Å². The Balaban J connectivity index is 2.00. The first-order chi connectivity index (χ1) is 8.63. The number of carbonyl (C=O) groups is 1. The highest BCUT2D eigenvalue weighted by molar-refractivity contribution is 5.92. The fourth-order valence-electron chi connectivity index (χ4n) is 2.35. The van der Waals surface area contributed by atoms with Gasteiger partial charge in [0.15, 0.2) is 5.69 Å². The van der Waals surface area contributed by atoms with Crippen molar-refractivity contribution in [3.8, 4) is 0 Å². The molecule has 1 aliphatic rings. The van der Waals surface area contributed by atoms with E-state index in [2.05, 4.69) is 27.8 Å². The molecule has 0 aliphatic heterocycles. The van der Waals surface area contributed by atoms with Crippen LogP contribution in [-0.4, -0.2) is 28.2 Å². The van der Waals surface area contributed by atoms with Gasteiger partial charge in [-0.15, -0.1) is 10.2 Å². The van der Waals surface area contributed by atoms with Gasteiger partial charge in [0.25, 0.3) is 5.91 Å². The molecule has 2 rings (SSSR count). The number of aromatic nitrogens is 2. The Morgan fingerprint density at radius 2 is 2.06 bits per heavy atom. The molecule has 1 fully saturated rings. The molecule has 0 spiro atoms. The van der Waals surface area contributed by atoms with Crippen molar-refractivity contribution in [1.29, 1.82) is 0 Å². The second kappa shape index (κ2) is 5.33. The molecule has 1 aromatic heterocycles. The van der Waals surface area contributed by atoms with Crippen molar-refractivity contribution in [2.75, 3.05) is 11.9 Å². The number of anilines is 1. The molecule has 1 heterocycles. The van der Waals surface area contributed by atoms with Crippen molar-refractivity contribution >= 4 is 11.7 Å². The van der Waals surface area contributed by atoms with Crippen LogP contribution in [0.4, 0.5) is 5.82 Å². The van der Waals surface area contributed by atoms with Crippen LogP contribution in [-0.2, 0) is 0 Å². The van der Waals surface area contributed by atoms with E-state index in [1.54, 1.807) is 12.1 Å². The van der Waals surface area contributed by atoms with Gasteiger partial charge >= 0.3 is 0 Å². The van der Waals surface area contributed by atoms with Crippen molar-refractivity contribution in [3.05, 3.63) is 17.8 Å². The lowest BCUT2D eigenvalue weighted by Crippen LogP contribution is -2.43. The fourth-order valence-corrected chi connectivity index (χ4v) is 2.35. The van der Waals surface area contributed by atoms with Gasteiger partial charge in [-0.25, -0.2) is 0 Å².